The van der Waals surface area contributed by atoms with Crippen molar-refractivity contribution in [3.05, 3.63) is 51.4 Å². The van der Waals surface area contributed by atoms with Gasteiger partial charge in [-0.2, -0.15) is 0 Å². The number of pyridine rings is 1. The van der Waals surface area contributed by atoms with E-state index >= 15 is 0 Å². The summed E-state index contributed by atoms with van der Waals surface area (Å²) >= 11 is 2.22. The Morgan fingerprint density at radius 3 is 2.76 bits per heavy atom. The lowest BCUT2D eigenvalue weighted by Crippen LogP contribution is -1.95. The molecule has 0 spiro atoms. The van der Waals surface area contributed by atoms with Gasteiger partial charge in [-0.1, -0.05) is 12.1 Å². The number of benzene rings is 1. The number of halogens is 1. The Morgan fingerprint density at radius 1 is 1.29 bits per heavy atom. The number of hydrogen-bond donors (Lipinski definition) is 1. The molecule has 0 unspecified atom stereocenters. The molecule has 88 valence electrons. The van der Waals surface area contributed by atoms with E-state index in [1.807, 2.05) is 37.3 Å². The van der Waals surface area contributed by atoms with Crippen molar-refractivity contribution in [2.45, 2.75) is 13.5 Å². The summed E-state index contributed by atoms with van der Waals surface area (Å²) < 4.78 is 6.84. The van der Waals surface area contributed by atoms with Crippen LogP contribution < -0.4 is 4.74 Å². The molecule has 0 saturated heterocycles. The third kappa shape index (κ3) is 2.95. The number of rotatable bonds is 3. The van der Waals surface area contributed by atoms with Crippen molar-refractivity contribution in [3.63, 3.8) is 0 Å². The minimum Gasteiger partial charge on any atom is -0.456 e. The predicted octanol–water partition coefficient (Wildman–Crippen LogP) is 3.28. The molecule has 0 atom stereocenters. The van der Waals surface area contributed by atoms with Crippen LogP contribution >= 0.6 is 22.6 Å². The lowest BCUT2D eigenvalue weighted by atomic mass is 10.2. The van der Waals surface area contributed by atoms with Crippen LogP contribution in [0.25, 0.3) is 0 Å². The molecular formula is C13H12INO2. The minimum atomic E-state index is -0.0774. The minimum absolute atomic E-state index is 0.0774. The van der Waals surface area contributed by atoms with Crippen molar-refractivity contribution in [1.29, 1.82) is 0 Å². The summed E-state index contributed by atoms with van der Waals surface area (Å²) in [6.45, 7) is 1.82. The molecule has 0 fully saturated rings. The van der Waals surface area contributed by atoms with Crippen molar-refractivity contribution in [1.82, 2.24) is 4.98 Å². The van der Waals surface area contributed by atoms with E-state index in [0.717, 1.165) is 15.0 Å². The number of para-hydroxylation sites is 1. The molecule has 4 heteroatoms. The van der Waals surface area contributed by atoms with Crippen LogP contribution in [-0.4, -0.2) is 10.1 Å². The second kappa shape index (κ2) is 5.46. The zero-order valence-electron chi connectivity index (χ0n) is 9.35. The number of aromatic nitrogens is 1. The lowest BCUT2D eigenvalue weighted by Gasteiger charge is -2.11. The highest BCUT2D eigenvalue weighted by molar-refractivity contribution is 14.1. The molecule has 0 radical (unpaired) electrons. The highest BCUT2D eigenvalue weighted by atomic mass is 127. The second-order valence-corrected chi connectivity index (χ2v) is 4.79. The molecular weight excluding hydrogens is 329 g/mol. The molecule has 0 bridgehead atoms. The third-order valence-corrected chi connectivity index (χ3v) is 3.20. The molecule has 1 aromatic heterocycles. The van der Waals surface area contributed by atoms with Gasteiger partial charge in [0.05, 0.1) is 10.2 Å². The van der Waals surface area contributed by atoms with Gasteiger partial charge in [0.15, 0.2) is 0 Å². The van der Waals surface area contributed by atoms with Crippen molar-refractivity contribution in [2.75, 3.05) is 0 Å². The predicted molar refractivity (Wildman–Crippen MR) is 74.1 cm³/mol. The summed E-state index contributed by atoms with van der Waals surface area (Å²) in [5, 5.41) is 9.23. The lowest BCUT2D eigenvalue weighted by molar-refractivity contribution is 0.276. The molecule has 0 saturated carbocycles. The molecule has 2 rings (SSSR count). The summed E-state index contributed by atoms with van der Waals surface area (Å²) in [6, 6.07) is 9.58. The Hall–Kier alpha value is -1.14. The Morgan fingerprint density at radius 2 is 2.06 bits per heavy atom. The van der Waals surface area contributed by atoms with Crippen LogP contribution in [0, 0.1) is 10.5 Å². The average Bonchev–Trinajstić information content (AvgIpc) is 2.32. The maximum Gasteiger partial charge on any atom is 0.140 e. The van der Waals surface area contributed by atoms with Gasteiger partial charge >= 0.3 is 0 Å². The van der Waals surface area contributed by atoms with Crippen LogP contribution in [0.2, 0.25) is 0 Å². The summed E-state index contributed by atoms with van der Waals surface area (Å²) in [5.74, 6) is 1.44. The van der Waals surface area contributed by atoms with Gasteiger partial charge in [0.1, 0.15) is 11.5 Å². The van der Waals surface area contributed by atoms with E-state index in [9.17, 15) is 5.11 Å². The molecule has 0 aliphatic carbocycles. The van der Waals surface area contributed by atoms with Gasteiger partial charge in [0, 0.05) is 23.5 Å². The first-order chi connectivity index (χ1) is 8.20. The number of aliphatic hydroxyl groups excluding tert-OH is 1. The van der Waals surface area contributed by atoms with Crippen LogP contribution in [0.3, 0.4) is 0 Å². The molecule has 3 nitrogen and oxygen atoms in total. The van der Waals surface area contributed by atoms with E-state index in [0.29, 0.717) is 11.3 Å². The Bertz CT molecular complexity index is 529. The van der Waals surface area contributed by atoms with Gasteiger partial charge in [0.25, 0.3) is 0 Å². The van der Waals surface area contributed by atoms with Crippen LogP contribution in [0.5, 0.6) is 11.5 Å². The zero-order chi connectivity index (χ0) is 12.3. The Labute approximate surface area is 114 Å². The highest BCUT2D eigenvalue weighted by Gasteiger charge is 2.07. The van der Waals surface area contributed by atoms with E-state index in [1.54, 1.807) is 6.20 Å². The molecule has 0 amide bonds. The molecule has 2 aromatic rings. The second-order valence-electron chi connectivity index (χ2n) is 3.62. The fourth-order valence-electron chi connectivity index (χ4n) is 1.42. The summed E-state index contributed by atoms with van der Waals surface area (Å²) in [7, 11) is 0. The van der Waals surface area contributed by atoms with E-state index < -0.39 is 0 Å². The fourth-order valence-corrected chi connectivity index (χ4v) is 1.92. The zero-order valence-corrected chi connectivity index (χ0v) is 11.5. The van der Waals surface area contributed by atoms with Crippen LogP contribution in [0.1, 0.15) is 11.3 Å². The molecule has 1 heterocycles. The largest absolute Gasteiger partial charge is 0.456 e. The molecule has 17 heavy (non-hydrogen) atoms. The first-order valence-corrected chi connectivity index (χ1v) is 6.27. The summed E-state index contributed by atoms with van der Waals surface area (Å²) in [4.78, 5) is 4.13. The number of hydrogen-bond acceptors (Lipinski definition) is 3. The molecule has 0 aliphatic rings. The normalized spacial score (nSPS) is 10.3. The first-order valence-electron chi connectivity index (χ1n) is 5.19. The maximum atomic E-state index is 9.23. The number of aryl methyl sites for hydroxylation is 1. The van der Waals surface area contributed by atoms with Crippen molar-refractivity contribution in [2.24, 2.45) is 0 Å². The number of aliphatic hydroxyl groups is 1. The topological polar surface area (TPSA) is 42.4 Å². The van der Waals surface area contributed by atoms with Crippen molar-refractivity contribution < 1.29 is 9.84 Å². The standard InChI is InChI=1S/C13H12INO2/c1-9-6-13(10(8-16)7-15-9)17-12-5-3-2-4-11(12)14/h2-7,16H,8H2,1H3. The number of ether oxygens (including phenoxy) is 1. The molecule has 1 N–H and O–H groups in total. The summed E-state index contributed by atoms with van der Waals surface area (Å²) in [6.07, 6.45) is 1.64. The summed E-state index contributed by atoms with van der Waals surface area (Å²) in [5.41, 5.74) is 1.55. The van der Waals surface area contributed by atoms with Crippen LogP contribution in [0.4, 0.5) is 0 Å². The van der Waals surface area contributed by atoms with Gasteiger partial charge in [-0.3, -0.25) is 4.98 Å². The highest BCUT2D eigenvalue weighted by Crippen LogP contribution is 2.29. The van der Waals surface area contributed by atoms with E-state index in [1.165, 1.54) is 0 Å². The van der Waals surface area contributed by atoms with Crippen LogP contribution in [-0.2, 0) is 6.61 Å². The van der Waals surface area contributed by atoms with Gasteiger partial charge in [-0.15, -0.1) is 0 Å². The molecule has 0 aliphatic heterocycles. The van der Waals surface area contributed by atoms with Gasteiger partial charge in [0.2, 0.25) is 0 Å². The molecule has 1 aromatic carbocycles. The van der Waals surface area contributed by atoms with Crippen molar-refractivity contribution in [3.8, 4) is 11.5 Å². The Balaban J connectivity index is 2.35. The quantitative estimate of drug-likeness (QED) is 0.872. The SMILES string of the molecule is Cc1cc(Oc2ccccc2I)c(CO)cn1. The smallest absolute Gasteiger partial charge is 0.140 e. The van der Waals surface area contributed by atoms with E-state index in [-0.39, 0.29) is 6.61 Å². The van der Waals surface area contributed by atoms with Crippen molar-refractivity contribution >= 4 is 22.6 Å². The average molecular weight is 341 g/mol. The van der Waals surface area contributed by atoms with Crippen LogP contribution in [0.15, 0.2) is 36.5 Å². The monoisotopic (exact) mass is 341 g/mol. The fraction of sp³-hybridized carbons (Fsp3) is 0.154. The first kappa shape index (κ1) is 12.3. The third-order valence-electron chi connectivity index (χ3n) is 2.31. The van der Waals surface area contributed by atoms with E-state index in [4.69, 9.17) is 4.74 Å². The van der Waals surface area contributed by atoms with Gasteiger partial charge < -0.3 is 9.84 Å². The van der Waals surface area contributed by atoms with Gasteiger partial charge in [-0.05, 0) is 41.6 Å². The Kier molecular flexibility index (Phi) is 3.96. The van der Waals surface area contributed by atoms with Gasteiger partial charge in [-0.25, -0.2) is 0 Å². The number of nitrogens with zero attached hydrogens (tertiary/aromatic N) is 1. The van der Waals surface area contributed by atoms with E-state index in [2.05, 4.69) is 27.6 Å². The maximum absolute atomic E-state index is 9.23.